The van der Waals surface area contributed by atoms with Crippen molar-refractivity contribution in [1.29, 1.82) is 0 Å². The molecule has 0 radical (unpaired) electrons. The smallest absolute Gasteiger partial charge is 0.405 e. The number of amides is 2. The van der Waals surface area contributed by atoms with E-state index in [9.17, 15) is 9.59 Å². The van der Waals surface area contributed by atoms with Gasteiger partial charge in [0, 0.05) is 31.9 Å². The third-order valence-corrected chi connectivity index (χ3v) is 4.64. The molecule has 2 N–H and O–H groups in total. The van der Waals surface area contributed by atoms with Crippen LogP contribution in [0.3, 0.4) is 0 Å². The minimum atomic E-state index is -0.898. The minimum absolute atomic E-state index is 0.0514. The molecule has 0 unspecified atom stereocenters. The molecule has 0 spiro atoms. The highest BCUT2D eigenvalue weighted by atomic mass is 16.6. The predicted octanol–water partition coefficient (Wildman–Crippen LogP) is 2.56. The van der Waals surface area contributed by atoms with Crippen molar-refractivity contribution in [3.05, 3.63) is 72.3 Å². The highest BCUT2D eigenvalue weighted by Gasteiger charge is 2.26. The van der Waals surface area contributed by atoms with E-state index in [1.807, 2.05) is 42.5 Å². The Balaban J connectivity index is 1.99. The Hall–Kier alpha value is -3.42. The van der Waals surface area contributed by atoms with E-state index >= 15 is 0 Å². The van der Waals surface area contributed by atoms with Gasteiger partial charge < -0.3 is 29.7 Å². The molecule has 2 rings (SSSR count). The van der Waals surface area contributed by atoms with Crippen molar-refractivity contribution in [3.8, 4) is 0 Å². The Bertz CT molecular complexity index is 768. The molecule has 1 saturated heterocycles. The standard InChI is InChI=1S/C22H29N3O5/c1-28-15-6-9-19(10-16-29-2)24-11-13-25(14-12-24)21(26)17-20(30-22(23)27)18-7-4-3-5-8-18/h3-10,15-16,20H,11-14,17H2,1-2H3,(H2,23,27)/b15-6+,16-10+,19-9+/t20-/m0/s1. The van der Waals surface area contributed by atoms with Crippen LogP contribution in [0.15, 0.2) is 66.8 Å². The van der Waals surface area contributed by atoms with Gasteiger partial charge in [-0.05, 0) is 23.8 Å². The zero-order valence-electron chi connectivity index (χ0n) is 17.4. The molecular weight excluding hydrogens is 386 g/mol. The Kier molecular flexibility index (Phi) is 9.30. The molecule has 1 fully saturated rings. The third-order valence-electron chi connectivity index (χ3n) is 4.64. The van der Waals surface area contributed by atoms with Crippen LogP contribution in [0.5, 0.6) is 0 Å². The van der Waals surface area contributed by atoms with E-state index in [1.165, 1.54) is 0 Å². The van der Waals surface area contributed by atoms with Crippen molar-refractivity contribution in [2.75, 3.05) is 40.4 Å². The predicted molar refractivity (Wildman–Crippen MR) is 113 cm³/mol. The lowest BCUT2D eigenvalue weighted by atomic mass is 10.1. The van der Waals surface area contributed by atoms with Gasteiger partial charge in [0.1, 0.15) is 6.10 Å². The number of nitrogens with zero attached hydrogens (tertiary/aromatic N) is 2. The monoisotopic (exact) mass is 415 g/mol. The quantitative estimate of drug-likeness (QED) is 0.492. The topological polar surface area (TPSA) is 94.3 Å². The number of hydrogen-bond donors (Lipinski definition) is 1. The average Bonchev–Trinajstić information content (AvgIpc) is 2.76. The summed E-state index contributed by atoms with van der Waals surface area (Å²) in [6.45, 7) is 2.45. The maximum Gasteiger partial charge on any atom is 0.405 e. The number of nitrogens with two attached hydrogens (primary N) is 1. The van der Waals surface area contributed by atoms with Crippen molar-refractivity contribution in [2.45, 2.75) is 12.5 Å². The van der Waals surface area contributed by atoms with E-state index in [0.29, 0.717) is 26.2 Å². The summed E-state index contributed by atoms with van der Waals surface area (Å²) in [7, 11) is 3.18. The van der Waals surface area contributed by atoms with Crippen molar-refractivity contribution >= 4 is 12.0 Å². The first-order chi connectivity index (χ1) is 14.5. The number of carbonyl (C=O) groups is 2. The zero-order chi connectivity index (χ0) is 21.8. The molecule has 0 saturated carbocycles. The van der Waals surface area contributed by atoms with E-state index in [0.717, 1.165) is 11.3 Å². The first-order valence-corrected chi connectivity index (χ1v) is 9.68. The van der Waals surface area contributed by atoms with Crippen LogP contribution >= 0.6 is 0 Å². The second-order valence-electron chi connectivity index (χ2n) is 6.60. The highest BCUT2D eigenvalue weighted by molar-refractivity contribution is 5.77. The number of allylic oxidation sites excluding steroid dienone is 3. The lowest BCUT2D eigenvalue weighted by molar-refractivity contribution is -0.134. The third kappa shape index (κ3) is 7.20. The molecule has 8 nitrogen and oxygen atoms in total. The molecule has 1 aromatic rings. The average molecular weight is 415 g/mol. The van der Waals surface area contributed by atoms with Crippen LogP contribution in [0, 0.1) is 0 Å². The fourth-order valence-electron chi connectivity index (χ4n) is 3.16. The fourth-order valence-corrected chi connectivity index (χ4v) is 3.16. The number of benzene rings is 1. The van der Waals surface area contributed by atoms with Crippen LogP contribution in [0.1, 0.15) is 18.1 Å². The number of rotatable bonds is 9. The summed E-state index contributed by atoms with van der Waals surface area (Å²) in [5.74, 6) is -0.0815. The molecule has 0 bridgehead atoms. The molecule has 30 heavy (non-hydrogen) atoms. The summed E-state index contributed by atoms with van der Waals surface area (Å²) in [6, 6.07) is 9.14. The van der Waals surface area contributed by atoms with Gasteiger partial charge in [-0.15, -0.1) is 0 Å². The van der Waals surface area contributed by atoms with E-state index in [2.05, 4.69) is 4.90 Å². The molecule has 0 aliphatic carbocycles. The second kappa shape index (κ2) is 12.2. The van der Waals surface area contributed by atoms with E-state index < -0.39 is 12.2 Å². The van der Waals surface area contributed by atoms with Gasteiger partial charge in [-0.1, -0.05) is 30.3 Å². The van der Waals surface area contributed by atoms with Crippen LogP contribution in [-0.4, -0.2) is 62.2 Å². The number of piperazine rings is 1. The van der Waals surface area contributed by atoms with Crippen LogP contribution in [-0.2, 0) is 19.0 Å². The fraction of sp³-hybridized carbons (Fsp3) is 0.364. The van der Waals surface area contributed by atoms with Crippen molar-refractivity contribution in [1.82, 2.24) is 9.80 Å². The van der Waals surface area contributed by atoms with E-state index in [4.69, 9.17) is 19.9 Å². The Morgan fingerprint density at radius 2 is 1.67 bits per heavy atom. The molecule has 1 aromatic carbocycles. The van der Waals surface area contributed by atoms with Gasteiger partial charge in [-0.25, -0.2) is 4.79 Å². The van der Waals surface area contributed by atoms with Crippen molar-refractivity contribution < 1.29 is 23.8 Å². The largest absolute Gasteiger partial charge is 0.504 e. The van der Waals surface area contributed by atoms with Crippen molar-refractivity contribution in [3.63, 3.8) is 0 Å². The number of hydrogen-bond acceptors (Lipinski definition) is 6. The van der Waals surface area contributed by atoms with Gasteiger partial charge in [-0.3, -0.25) is 4.79 Å². The number of primary amides is 1. The molecule has 1 aliphatic heterocycles. The van der Waals surface area contributed by atoms with E-state index in [-0.39, 0.29) is 12.3 Å². The summed E-state index contributed by atoms with van der Waals surface area (Å²) < 4.78 is 15.1. The minimum Gasteiger partial charge on any atom is -0.504 e. The maximum atomic E-state index is 12.8. The Labute approximate surface area is 177 Å². The Morgan fingerprint density at radius 1 is 1.03 bits per heavy atom. The summed E-state index contributed by atoms with van der Waals surface area (Å²) in [4.78, 5) is 28.0. The molecule has 1 atom stereocenters. The molecule has 162 valence electrons. The van der Waals surface area contributed by atoms with E-state index in [1.54, 1.807) is 37.7 Å². The second-order valence-corrected chi connectivity index (χ2v) is 6.60. The SMILES string of the molecule is CO/C=C/C=C(\C=C\OC)N1CCN(C(=O)C[C@H](OC(N)=O)c2ccccc2)CC1. The lowest BCUT2D eigenvalue weighted by Gasteiger charge is -2.37. The maximum absolute atomic E-state index is 12.8. The number of carbonyl (C=O) groups excluding carboxylic acids is 2. The van der Waals surface area contributed by atoms with Gasteiger partial charge >= 0.3 is 6.09 Å². The molecule has 1 heterocycles. The van der Waals surface area contributed by atoms with Crippen molar-refractivity contribution in [2.24, 2.45) is 5.73 Å². The summed E-state index contributed by atoms with van der Waals surface area (Å²) in [5.41, 5.74) is 6.89. The number of methoxy groups -OCH3 is 2. The van der Waals surface area contributed by atoms with Crippen LogP contribution in [0.25, 0.3) is 0 Å². The Morgan fingerprint density at radius 3 is 2.27 bits per heavy atom. The zero-order valence-corrected chi connectivity index (χ0v) is 17.4. The summed E-state index contributed by atoms with van der Waals surface area (Å²) in [5, 5.41) is 0. The van der Waals surface area contributed by atoms with Gasteiger partial charge in [-0.2, -0.15) is 0 Å². The van der Waals surface area contributed by atoms with Crippen LogP contribution in [0.4, 0.5) is 4.79 Å². The van der Waals surface area contributed by atoms with Gasteiger partial charge in [0.2, 0.25) is 5.91 Å². The summed E-state index contributed by atoms with van der Waals surface area (Å²) in [6.07, 6.45) is 7.23. The lowest BCUT2D eigenvalue weighted by Crippen LogP contribution is -2.48. The first kappa shape index (κ1) is 22.9. The molecular formula is C22H29N3O5. The van der Waals surface area contributed by atoms with Gasteiger partial charge in [0.25, 0.3) is 0 Å². The normalized spacial score (nSPS) is 16.0. The molecule has 0 aromatic heterocycles. The summed E-state index contributed by atoms with van der Waals surface area (Å²) >= 11 is 0. The molecule has 8 heteroatoms. The van der Waals surface area contributed by atoms with Crippen LogP contribution < -0.4 is 5.73 Å². The first-order valence-electron chi connectivity index (χ1n) is 9.68. The molecule has 2 amide bonds. The molecule has 1 aliphatic rings. The van der Waals surface area contributed by atoms with Gasteiger partial charge in [0.05, 0.1) is 33.2 Å². The van der Waals surface area contributed by atoms with Gasteiger partial charge in [0.15, 0.2) is 0 Å². The highest BCUT2D eigenvalue weighted by Crippen LogP contribution is 2.23. The number of ether oxygens (including phenoxy) is 3. The van der Waals surface area contributed by atoms with Crippen LogP contribution in [0.2, 0.25) is 0 Å².